The molecule has 11 nitrogen and oxygen atoms in total. The Morgan fingerprint density at radius 3 is 2.62 bits per heavy atom. The summed E-state index contributed by atoms with van der Waals surface area (Å²) in [6.07, 6.45) is 0. The zero-order valence-corrected chi connectivity index (χ0v) is 16.2. The van der Waals surface area contributed by atoms with E-state index in [9.17, 15) is 14.4 Å². The van der Waals surface area contributed by atoms with Crippen LogP contribution < -0.4 is 16.6 Å². The zero-order chi connectivity index (χ0) is 21.0. The van der Waals surface area contributed by atoms with Crippen LogP contribution in [0.2, 0.25) is 0 Å². The normalized spacial score (nSPS) is 10.9. The van der Waals surface area contributed by atoms with Gasteiger partial charge in [-0.25, -0.2) is 4.79 Å². The number of nitrogens with one attached hydrogen (secondary N) is 1. The quantitative estimate of drug-likeness (QED) is 0.554. The van der Waals surface area contributed by atoms with Crippen molar-refractivity contribution in [2.45, 2.75) is 20.4 Å². The van der Waals surface area contributed by atoms with Crippen LogP contribution in [0.1, 0.15) is 23.2 Å². The van der Waals surface area contributed by atoms with Gasteiger partial charge in [0.25, 0.3) is 5.56 Å². The molecule has 0 saturated carbocycles. The van der Waals surface area contributed by atoms with Crippen molar-refractivity contribution in [2.24, 2.45) is 0 Å². The average molecular weight is 400 g/mol. The van der Waals surface area contributed by atoms with E-state index in [1.54, 1.807) is 19.1 Å². The van der Waals surface area contributed by atoms with E-state index < -0.39 is 17.2 Å². The molecule has 1 aromatic carbocycles. The topological polar surface area (TPSA) is 134 Å². The monoisotopic (exact) mass is 400 g/mol. The number of methoxy groups -OCH3 is 1. The van der Waals surface area contributed by atoms with Gasteiger partial charge in [-0.3, -0.25) is 14.2 Å². The van der Waals surface area contributed by atoms with E-state index in [1.807, 2.05) is 19.1 Å². The Labute approximate surface area is 164 Å². The molecule has 0 atom stereocenters. The first-order chi connectivity index (χ1) is 14.0. The molecular weight excluding hydrogens is 380 g/mol. The Morgan fingerprint density at radius 1 is 1.24 bits per heavy atom. The molecule has 29 heavy (non-hydrogen) atoms. The summed E-state index contributed by atoms with van der Waals surface area (Å²) in [6.45, 7) is 4.28. The van der Waals surface area contributed by atoms with Gasteiger partial charge in [0, 0.05) is 20.2 Å². The highest BCUT2D eigenvalue weighted by Gasteiger charge is 2.22. The molecular formula is C18H20N6O5. The highest BCUT2D eigenvalue weighted by atomic mass is 16.5. The van der Waals surface area contributed by atoms with E-state index >= 15 is 0 Å². The number of nitrogens with zero attached hydrogens (tertiary/aromatic N) is 5. The number of amides is 1. The molecule has 0 bridgehead atoms. The summed E-state index contributed by atoms with van der Waals surface area (Å²) in [4.78, 5) is 41.3. The summed E-state index contributed by atoms with van der Waals surface area (Å²) in [7, 11) is 1.50. The molecule has 0 saturated heterocycles. The third-order valence-corrected chi connectivity index (χ3v) is 4.08. The third kappa shape index (κ3) is 4.14. The number of ether oxygens (including phenoxy) is 1. The third-order valence-electron chi connectivity index (χ3n) is 4.08. The lowest BCUT2D eigenvalue weighted by atomic mass is 10.2. The van der Waals surface area contributed by atoms with Gasteiger partial charge in [-0.05, 0) is 26.0 Å². The first kappa shape index (κ1) is 20.1. The van der Waals surface area contributed by atoms with E-state index in [4.69, 9.17) is 9.26 Å². The van der Waals surface area contributed by atoms with Crippen molar-refractivity contribution < 1.29 is 14.1 Å². The number of rotatable bonds is 7. The molecule has 2 heterocycles. The highest BCUT2D eigenvalue weighted by Crippen LogP contribution is 2.10. The highest BCUT2D eigenvalue weighted by molar-refractivity contribution is 5.89. The second-order valence-corrected chi connectivity index (χ2v) is 6.10. The van der Waals surface area contributed by atoms with Gasteiger partial charge in [0.1, 0.15) is 0 Å². The summed E-state index contributed by atoms with van der Waals surface area (Å²) >= 11 is 0. The summed E-state index contributed by atoms with van der Waals surface area (Å²) in [5.41, 5.74) is 0.0176. The number of aromatic nitrogens is 5. The lowest BCUT2D eigenvalue weighted by Gasteiger charge is -2.09. The zero-order valence-electron chi connectivity index (χ0n) is 16.2. The second-order valence-electron chi connectivity index (χ2n) is 6.10. The first-order valence-corrected chi connectivity index (χ1v) is 8.88. The van der Waals surface area contributed by atoms with Gasteiger partial charge in [-0.2, -0.15) is 14.8 Å². The Bertz CT molecular complexity index is 1130. The van der Waals surface area contributed by atoms with Crippen molar-refractivity contribution in [2.75, 3.05) is 20.3 Å². The molecule has 0 aliphatic heterocycles. The predicted octanol–water partition coefficient (Wildman–Crippen LogP) is 0.149. The summed E-state index contributed by atoms with van der Waals surface area (Å²) in [6, 6.07) is 7.06. The Hall–Kier alpha value is -3.60. The smallest absolute Gasteiger partial charge is 0.352 e. The van der Waals surface area contributed by atoms with Crippen LogP contribution in [0.5, 0.6) is 0 Å². The number of hydrogen-bond donors (Lipinski definition) is 1. The van der Waals surface area contributed by atoms with Crippen LogP contribution in [0, 0.1) is 6.92 Å². The van der Waals surface area contributed by atoms with Gasteiger partial charge in [0.15, 0.2) is 5.69 Å². The van der Waals surface area contributed by atoms with Crippen LogP contribution >= 0.6 is 0 Å². The van der Waals surface area contributed by atoms with Crippen molar-refractivity contribution in [3.63, 3.8) is 0 Å². The van der Waals surface area contributed by atoms with E-state index in [2.05, 4.69) is 20.6 Å². The molecule has 1 N–H and O–H groups in total. The van der Waals surface area contributed by atoms with Crippen molar-refractivity contribution in [1.82, 2.24) is 29.8 Å². The summed E-state index contributed by atoms with van der Waals surface area (Å²) in [5, 5.41) is 10.3. The van der Waals surface area contributed by atoms with E-state index in [0.29, 0.717) is 12.3 Å². The van der Waals surface area contributed by atoms with Crippen molar-refractivity contribution in [1.29, 1.82) is 0 Å². The van der Waals surface area contributed by atoms with Crippen molar-refractivity contribution >= 4 is 5.91 Å². The van der Waals surface area contributed by atoms with Crippen molar-refractivity contribution in [3.8, 4) is 17.2 Å². The van der Waals surface area contributed by atoms with Crippen LogP contribution in [0.3, 0.4) is 0 Å². The predicted molar refractivity (Wildman–Crippen MR) is 102 cm³/mol. The molecule has 2 aromatic heterocycles. The number of carbonyl (C=O) groups excluding carboxylic acids is 1. The minimum atomic E-state index is -0.673. The minimum absolute atomic E-state index is 0.126. The lowest BCUT2D eigenvalue weighted by molar-refractivity contribution is 0.0893. The molecule has 0 spiro atoms. The van der Waals surface area contributed by atoms with Gasteiger partial charge in [0.2, 0.25) is 5.82 Å². The molecule has 0 aliphatic carbocycles. The fourth-order valence-corrected chi connectivity index (χ4v) is 2.54. The first-order valence-electron chi connectivity index (χ1n) is 8.88. The van der Waals surface area contributed by atoms with Crippen LogP contribution in [-0.2, 0) is 11.3 Å². The summed E-state index contributed by atoms with van der Waals surface area (Å²) in [5.74, 6) is -1.12. The Balaban J connectivity index is 2.05. The number of benzene rings is 1. The minimum Gasteiger partial charge on any atom is -0.383 e. The maximum atomic E-state index is 12.7. The van der Waals surface area contributed by atoms with Gasteiger partial charge >= 0.3 is 17.5 Å². The van der Waals surface area contributed by atoms with E-state index in [-0.39, 0.29) is 30.5 Å². The SMILES string of the molecule is CCn1c(=O)c(-c2noc(C(=O)NCCOC)n2)nn(-c2ccc(C)cc2)c1=O. The van der Waals surface area contributed by atoms with Gasteiger partial charge in [-0.15, -0.1) is 0 Å². The summed E-state index contributed by atoms with van der Waals surface area (Å²) < 4.78 is 11.9. The lowest BCUT2D eigenvalue weighted by Crippen LogP contribution is -2.41. The van der Waals surface area contributed by atoms with E-state index in [1.165, 1.54) is 7.11 Å². The average Bonchev–Trinajstić information content (AvgIpc) is 3.20. The van der Waals surface area contributed by atoms with Crippen molar-refractivity contribution in [3.05, 3.63) is 56.6 Å². The molecule has 0 aliphatic rings. The van der Waals surface area contributed by atoms with Crippen LogP contribution in [0.15, 0.2) is 38.4 Å². The fraction of sp³-hybridized carbons (Fsp3) is 0.333. The maximum Gasteiger partial charge on any atom is 0.352 e. The number of aryl methyl sites for hydroxylation is 1. The molecule has 0 fully saturated rings. The van der Waals surface area contributed by atoms with Gasteiger partial charge in [0.05, 0.1) is 12.3 Å². The van der Waals surface area contributed by atoms with Crippen LogP contribution in [-0.4, -0.2) is 50.7 Å². The maximum absolute atomic E-state index is 12.7. The van der Waals surface area contributed by atoms with Gasteiger partial charge in [-0.1, -0.05) is 22.9 Å². The molecule has 11 heteroatoms. The Kier molecular flexibility index (Phi) is 5.98. The molecule has 3 rings (SSSR count). The second kappa shape index (κ2) is 8.61. The molecule has 152 valence electrons. The standard InChI is InChI=1S/C18H20N6O5/c1-4-23-17(26)13(14-20-16(29-22-14)15(25)19-9-10-28-3)21-24(18(23)27)12-7-5-11(2)6-8-12/h5-8H,4,9-10H2,1-3H3,(H,19,25). The Morgan fingerprint density at radius 2 is 1.97 bits per heavy atom. The molecule has 0 radical (unpaired) electrons. The fourth-order valence-electron chi connectivity index (χ4n) is 2.54. The number of hydrogen-bond acceptors (Lipinski definition) is 8. The molecule has 1 amide bonds. The van der Waals surface area contributed by atoms with E-state index in [0.717, 1.165) is 14.8 Å². The molecule has 0 unspecified atom stereocenters. The molecule has 3 aromatic rings. The van der Waals surface area contributed by atoms with Gasteiger partial charge < -0.3 is 14.6 Å². The number of carbonyl (C=O) groups is 1. The largest absolute Gasteiger partial charge is 0.383 e. The van der Waals surface area contributed by atoms with Crippen LogP contribution in [0.25, 0.3) is 17.2 Å². The van der Waals surface area contributed by atoms with Crippen LogP contribution in [0.4, 0.5) is 0 Å².